The van der Waals surface area contributed by atoms with Gasteiger partial charge in [-0.3, -0.25) is 0 Å². The summed E-state index contributed by atoms with van der Waals surface area (Å²) >= 11 is 0. The van der Waals surface area contributed by atoms with Crippen molar-refractivity contribution in [1.29, 1.82) is 0 Å². The van der Waals surface area contributed by atoms with E-state index in [-0.39, 0.29) is 16.5 Å². The van der Waals surface area contributed by atoms with Crippen molar-refractivity contribution in [3.8, 4) is 11.5 Å². The largest absolute Gasteiger partial charge is 0.499 e. The van der Waals surface area contributed by atoms with Crippen molar-refractivity contribution in [3.05, 3.63) is 24.3 Å². The Labute approximate surface area is 155 Å². The smallest absolute Gasteiger partial charge is 0.0889 e. The minimum Gasteiger partial charge on any atom is -0.499 e. The van der Waals surface area contributed by atoms with E-state index in [0.29, 0.717) is 22.6 Å². The molecule has 0 radical (unpaired) electrons. The van der Waals surface area contributed by atoms with Crippen LogP contribution >= 0.6 is 16.3 Å². The predicted octanol–water partition coefficient (Wildman–Crippen LogP) is 6.67. The Morgan fingerprint density at radius 1 is 0.696 bits per heavy atom. The zero-order valence-corrected chi connectivity index (χ0v) is 18.3. The number of rotatable bonds is 8. The third-order valence-corrected chi connectivity index (χ3v) is 8.07. The van der Waals surface area contributed by atoms with Crippen molar-refractivity contribution < 1.29 is 25.5 Å². The molecule has 0 bridgehead atoms. The van der Waals surface area contributed by atoms with Crippen molar-refractivity contribution in [1.82, 2.24) is 0 Å². The van der Waals surface area contributed by atoms with E-state index in [1.54, 1.807) is 0 Å². The van der Waals surface area contributed by atoms with Crippen LogP contribution in [0.5, 0.6) is 11.5 Å². The van der Waals surface area contributed by atoms with Crippen LogP contribution in [0, 0.1) is 6.07 Å². The van der Waals surface area contributed by atoms with Gasteiger partial charge < -0.3 is 9.05 Å². The number of benzene rings is 1. The summed E-state index contributed by atoms with van der Waals surface area (Å²) < 4.78 is 12.4. The van der Waals surface area contributed by atoms with Crippen LogP contribution in [0.3, 0.4) is 0 Å². The second kappa shape index (κ2) is 10.9. The summed E-state index contributed by atoms with van der Waals surface area (Å²) in [6.45, 7) is 17.8. The molecule has 0 atom stereocenters. The van der Waals surface area contributed by atoms with Gasteiger partial charge >= 0.3 is 0 Å². The third kappa shape index (κ3) is 7.73. The van der Waals surface area contributed by atoms with Crippen LogP contribution in [0.1, 0.15) is 55.4 Å². The van der Waals surface area contributed by atoms with Crippen LogP contribution in [0.4, 0.5) is 0 Å². The fraction of sp³-hybridized carbons (Fsp3) is 0.667. The molecule has 0 aromatic heterocycles. The van der Waals surface area contributed by atoms with E-state index < -0.39 is 16.3 Å². The fourth-order valence-electron chi connectivity index (χ4n) is 2.38. The molecule has 0 aliphatic heterocycles. The second-order valence-electron chi connectivity index (χ2n) is 6.66. The molecule has 0 saturated heterocycles. The summed E-state index contributed by atoms with van der Waals surface area (Å²) in [5.41, 5.74) is 2.15. The summed E-state index contributed by atoms with van der Waals surface area (Å²) in [6, 6.07) is 9.29. The summed E-state index contributed by atoms with van der Waals surface area (Å²) in [5, 5.41) is 0. The van der Waals surface area contributed by atoms with Crippen molar-refractivity contribution >= 4 is 16.3 Å². The van der Waals surface area contributed by atoms with Gasteiger partial charge in [-0.2, -0.15) is 6.07 Å². The van der Waals surface area contributed by atoms with Crippen molar-refractivity contribution in [2.45, 2.75) is 78.0 Å². The normalized spacial score (nSPS) is 11.7. The Morgan fingerprint density at radius 2 is 1.00 bits per heavy atom. The standard InChI is InChI=1S/C18H31O2P2.Ni/c1-13(2)21(14(3)4)19-17-10-9-11-18(12-17)20-22(15(5)6)16(7)8;/h9-11,13-16H,1-8H3;/q-1;. The quantitative estimate of drug-likeness (QED) is 0.276. The van der Waals surface area contributed by atoms with Gasteiger partial charge in [-0.25, -0.2) is 0 Å². The Bertz CT molecular complexity index is 397. The van der Waals surface area contributed by atoms with Gasteiger partial charge in [0.05, 0.1) is 16.3 Å². The van der Waals surface area contributed by atoms with Crippen LogP contribution in [0.2, 0.25) is 0 Å². The van der Waals surface area contributed by atoms with E-state index in [1.807, 2.05) is 18.2 Å². The van der Waals surface area contributed by atoms with E-state index in [2.05, 4.69) is 61.5 Å². The van der Waals surface area contributed by atoms with E-state index in [0.717, 1.165) is 11.5 Å². The maximum atomic E-state index is 6.22. The minimum atomic E-state index is -0.494. The van der Waals surface area contributed by atoms with Gasteiger partial charge in [0, 0.05) is 50.6 Å². The average Bonchev–Trinajstić information content (AvgIpc) is 2.41. The molecular weight excluding hydrogens is 369 g/mol. The van der Waals surface area contributed by atoms with Crippen LogP contribution in [-0.2, 0) is 16.5 Å². The van der Waals surface area contributed by atoms with Gasteiger partial charge in [0.25, 0.3) is 0 Å². The monoisotopic (exact) mass is 399 g/mol. The molecule has 0 unspecified atom stereocenters. The van der Waals surface area contributed by atoms with Crippen LogP contribution in [-0.4, -0.2) is 22.6 Å². The molecule has 0 amide bonds. The molecule has 0 saturated carbocycles. The van der Waals surface area contributed by atoms with Crippen LogP contribution in [0.25, 0.3) is 0 Å². The molecule has 0 aliphatic carbocycles. The molecule has 0 fully saturated rings. The predicted molar refractivity (Wildman–Crippen MR) is 101 cm³/mol. The Hall–Kier alpha value is 0.174. The van der Waals surface area contributed by atoms with Crippen molar-refractivity contribution in [2.24, 2.45) is 0 Å². The SMILES string of the molecule is CC(C)P(Oc1[c-]c(OP(C(C)C)C(C)C)ccc1)C(C)C.[Ni]. The summed E-state index contributed by atoms with van der Waals surface area (Å²) in [7, 11) is -0.988. The van der Waals surface area contributed by atoms with E-state index in [9.17, 15) is 0 Å². The minimum absolute atomic E-state index is 0. The number of hydrogen-bond acceptors (Lipinski definition) is 2. The van der Waals surface area contributed by atoms with Crippen LogP contribution < -0.4 is 9.05 Å². The van der Waals surface area contributed by atoms with E-state index in [4.69, 9.17) is 9.05 Å². The molecule has 5 heteroatoms. The molecule has 23 heavy (non-hydrogen) atoms. The summed E-state index contributed by atoms with van der Waals surface area (Å²) in [4.78, 5) is 0. The molecule has 1 rings (SSSR count). The van der Waals surface area contributed by atoms with Gasteiger partial charge in [-0.1, -0.05) is 61.5 Å². The molecule has 0 N–H and O–H groups in total. The first-order valence-corrected chi connectivity index (χ1v) is 11.0. The first kappa shape index (κ1) is 23.2. The molecule has 0 spiro atoms. The first-order chi connectivity index (χ1) is 10.2. The maximum Gasteiger partial charge on any atom is 0.0889 e. The van der Waals surface area contributed by atoms with Crippen molar-refractivity contribution in [2.75, 3.05) is 0 Å². The van der Waals surface area contributed by atoms with Crippen LogP contribution in [0.15, 0.2) is 18.2 Å². The van der Waals surface area contributed by atoms with Gasteiger partial charge in [0.2, 0.25) is 0 Å². The molecule has 0 aliphatic rings. The summed E-state index contributed by atoms with van der Waals surface area (Å²) in [6.07, 6.45) is 0. The molecule has 0 heterocycles. The van der Waals surface area contributed by atoms with Gasteiger partial charge in [0.15, 0.2) is 0 Å². The summed E-state index contributed by atoms with van der Waals surface area (Å²) in [5.74, 6) is 1.63. The fourth-order valence-corrected chi connectivity index (χ4v) is 6.27. The van der Waals surface area contributed by atoms with Gasteiger partial charge in [-0.15, -0.1) is 12.1 Å². The van der Waals surface area contributed by atoms with Gasteiger partial charge in [0.1, 0.15) is 0 Å². The Morgan fingerprint density at radius 3 is 1.26 bits per heavy atom. The maximum absolute atomic E-state index is 6.22. The molecule has 1 aromatic carbocycles. The molecule has 1 aromatic rings. The molecular formula is C18H31NiO2P2-. The third-order valence-electron chi connectivity index (χ3n) is 3.18. The first-order valence-electron chi connectivity index (χ1n) is 8.17. The molecule has 136 valence electrons. The Kier molecular flexibility index (Phi) is 11.0. The Balaban J connectivity index is 0.00000484. The number of hydrogen-bond donors (Lipinski definition) is 0. The van der Waals surface area contributed by atoms with E-state index in [1.165, 1.54) is 0 Å². The zero-order chi connectivity index (χ0) is 16.9. The zero-order valence-electron chi connectivity index (χ0n) is 15.6. The topological polar surface area (TPSA) is 18.5 Å². The average molecular weight is 400 g/mol. The van der Waals surface area contributed by atoms with Crippen molar-refractivity contribution in [3.63, 3.8) is 0 Å². The van der Waals surface area contributed by atoms with E-state index >= 15 is 0 Å². The molecule has 2 nitrogen and oxygen atoms in total. The second-order valence-corrected chi connectivity index (χ2v) is 12.6. The van der Waals surface area contributed by atoms with Gasteiger partial charge in [-0.05, 0) is 0 Å².